The molecule has 0 saturated carbocycles. The largest absolute Gasteiger partial charge is 0.329 e. The van der Waals surface area contributed by atoms with E-state index in [1.807, 2.05) is 55.7 Å². The van der Waals surface area contributed by atoms with E-state index in [-0.39, 0.29) is 0 Å². The molecule has 4 rings (SSSR count). The normalized spacial score (nSPS) is 10.8. The summed E-state index contributed by atoms with van der Waals surface area (Å²) in [6, 6.07) is 11.4. The van der Waals surface area contributed by atoms with Crippen LogP contribution < -0.4 is 10.6 Å². The van der Waals surface area contributed by atoms with E-state index in [0.29, 0.717) is 17.9 Å². The fourth-order valence-electron chi connectivity index (χ4n) is 2.74. The number of nitrogens with zero attached hydrogens (tertiary/aromatic N) is 4. The third-order valence-electron chi connectivity index (χ3n) is 3.90. The molecule has 130 valence electrons. The third kappa shape index (κ3) is 3.02. The predicted octanol–water partition coefficient (Wildman–Crippen LogP) is 3.71. The number of thiophene rings is 1. The second kappa shape index (κ2) is 6.57. The summed E-state index contributed by atoms with van der Waals surface area (Å²) in [7, 11) is 1.89. The summed E-state index contributed by atoms with van der Waals surface area (Å²) < 4.78 is 2.76. The molecular formula is C18H16N6OS. The lowest BCUT2D eigenvalue weighted by molar-refractivity contribution is -0.105. The highest BCUT2D eigenvalue weighted by atomic mass is 32.1. The first-order valence-corrected chi connectivity index (χ1v) is 8.85. The zero-order chi connectivity index (χ0) is 18.1. The van der Waals surface area contributed by atoms with Gasteiger partial charge >= 0.3 is 0 Å². The van der Waals surface area contributed by atoms with Crippen molar-refractivity contribution in [3.05, 3.63) is 47.5 Å². The number of aryl methyl sites for hydroxylation is 2. The first-order valence-electron chi connectivity index (χ1n) is 7.97. The van der Waals surface area contributed by atoms with Crippen molar-refractivity contribution >= 4 is 45.3 Å². The summed E-state index contributed by atoms with van der Waals surface area (Å²) in [6.07, 6.45) is 0.653. The average Bonchev–Trinajstić information content (AvgIpc) is 3.22. The van der Waals surface area contributed by atoms with Crippen molar-refractivity contribution in [2.45, 2.75) is 6.92 Å². The second-order valence-electron chi connectivity index (χ2n) is 5.79. The molecule has 1 aromatic carbocycles. The van der Waals surface area contributed by atoms with Crippen LogP contribution in [0.5, 0.6) is 0 Å². The van der Waals surface area contributed by atoms with E-state index < -0.39 is 0 Å². The van der Waals surface area contributed by atoms with Gasteiger partial charge in [0.2, 0.25) is 6.41 Å². The number of anilines is 3. The zero-order valence-corrected chi connectivity index (χ0v) is 15.0. The second-order valence-corrected chi connectivity index (χ2v) is 6.71. The van der Waals surface area contributed by atoms with Crippen molar-refractivity contribution in [1.29, 1.82) is 0 Å². The third-order valence-corrected chi connectivity index (χ3v) is 4.81. The Labute approximate surface area is 153 Å². The molecule has 0 atom stereocenters. The lowest BCUT2D eigenvalue weighted by atomic mass is 10.2. The Morgan fingerprint density at radius 1 is 1.19 bits per heavy atom. The lowest BCUT2D eigenvalue weighted by Gasteiger charge is -2.09. The van der Waals surface area contributed by atoms with Crippen LogP contribution in [0.3, 0.4) is 0 Å². The smallest absolute Gasteiger partial charge is 0.211 e. The first kappa shape index (κ1) is 16.2. The van der Waals surface area contributed by atoms with Gasteiger partial charge in [-0.25, -0.2) is 9.97 Å². The van der Waals surface area contributed by atoms with Crippen LogP contribution in [-0.4, -0.2) is 26.2 Å². The van der Waals surface area contributed by atoms with Crippen molar-refractivity contribution in [3.8, 4) is 11.4 Å². The molecule has 26 heavy (non-hydrogen) atoms. The molecule has 7 nitrogen and oxygen atoms in total. The Bertz CT molecular complexity index is 1100. The monoisotopic (exact) mass is 364 g/mol. The molecule has 0 unspecified atom stereocenters. The van der Waals surface area contributed by atoms with Crippen LogP contribution in [0.1, 0.15) is 5.69 Å². The van der Waals surface area contributed by atoms with Crippen molar-refractivity contribution in [3.63, 3.8) is 0 Å². The molecule has 4 aromatic rings. The molecule has 0 spiro atoms. The number of aromatic nitrogens is 4. The van der Waals surface area contributed by atoms with E-state index in [4.69, 9.17) is 4.98 Å². The molecule has 1 amide bonds. The Morgan fingerprint density at radius 2 is 2.08 bits per heavy atom. The molecule has 8 heteroatoms. The Hall–Kier alpha value is -3.26. The summed E-state index contributed by atoms with van der Waals surface area (Å²) in [6.45, 7) is 1.95. The zero-order valence-electron chi connectivity index (χ0n) is 14.2. The van der Waals surface area contributed by atoms with E-state index in [2.05, 4.69) is 20.7 Å². The van der Waals surface area contributed by atoms with Crippen LogP contribution in [0.4, 0.5) is 17.3 Å². The molecule has 2 N–H and O–H groups in total. The van der Waals surface area contributed by atoms with Gasteiger partial charge in [0, 0.05) is 24.4 Å². The Morgan fingerprint density at radius 3 is 2.85 bits per heavy atom. The fraction of sp³-hybridized carbons (Fsp3) is 0.111. The molecule has 0 saturated heterocycles. The topological polar surface area (TPSA) is 84.7 Å². The summed E-state index contributed by atoms with van der Waals surface area (Å²) in [4.78, 5) is 20.1. The molecule has 0 radical (unpaired) electrons. The molecule has 0 aliphatic carbocycles. The maximum absolute atomic E-state index is 10.7. The van der Waals surface area contributed by atoms with Crippen LogP contribution in [0.2, 0.25) is 0 Å². The van der Waals surface area contributed by atoms with Crippen molar-refractivity contribution in [2.75, 3.05) is 10.6 Å². The van der Waals surface area contributed by atoms with Crippen molar-refractivity contribution in [2.24, 2.45) is 7.05 Å². The summed E-state index contributed by atoms with van der Waals surface area (Å²) in [5, 5.41) is 12.4. The van der Waals surface area contributed by atoms with Gasteiger partial charge in [0.25, 0.3) is 0 Å². The Kier molecular flexibility index (Phi) is 4.10. The van der Waals surface area contributed by atoms with Gasteiger partial charge in [-0.2, -0.15) is 5.10 Å². The number of carbonyl (C=O) groups excluding carboxylic acids is 1. The quantitative estimate of drug-likeness (QED) is 0.527. The summed E-state index contributed by atoms with van der Waals surface area (Å²) >= 11 is 1.59. The van der Waals surface area contributed by atoms with Gasteiger partial charge in [-0.05, 0) is 30.5 Å². The number of nitrogens with one attached hydrogen (secondary N) is 2. The molecule has 0 aliphatic rings. The van der Waals surface area contributed by atoms with Gasteiger partial charge in [-0.3, -0.25) is 9.48 Å². The number of hydrogen-bond donors (Lipinski definition) is 2. The van der Waals surface area contributed by atoms with E-state index >= 15 is 0 Å². The molecule has 0 aliphatic heterocycles. The van der Waals surface area contributed by atoms with Crippen LogP contribution in [-0.2, 0) is 11.8 Å². The highest BCUT2D eigenvalue weighted by Crippen LogP contribution is 2.31. The minimum absolute atomic E-state index is 0.590. The van der Waals surface area contributed by atoms with E-state index in [9.17, 15) is 4.79 Å². The minimum atomic E-state index is 0.590. The summed E-state index contributed by atoms with van der Waals surface area (Å²) in [5.41, 5.74) is 3.33. The van der Waals surface area contributed by atoms with Gasteiger partial charge in [-0.1, -0.05) is 12.1 Å². The number of rotatable bonds is 5. The van der Waals surface area contributed by atoms with Gasteiger partial charge < -0.3 is 10.6 Å². The molecule has 3 heterocycles. The maximum Gasteiger partial charge on any atom is 0.211 e. The number of benzene rings is 1. The predicted molar refractivity (Wildman–Crippen MR) is 104 cm³/mol. The van der Waals surface area contributed by atoms with E-state index in [0.717, 1.165) is 33.1 Å². The van der Waals surface area contributed by atoms with Gasteiger partial charge in [0.05, 0.1) is 15.9 Å². The SMILES string of the molecule is Cc1cc(Nc2nc(-c3cccc(NC=O)c3)nc3ccsc23)n(C)n1. The van der Waals surface area contributed by atoms with Crippen LogP contribution in [0.25, 0.3) is 21.6 Å². The number of carbonyl (C=O) groups is 1. The fourth-order valence-corrected chi connectivity index (χ4v) is 3.52. The van der Waals surface area contributed by atoms with Crippen LogP contribution in [0.15, 0.2) is 41.8 Å². The van der Waals surface area contributed by atoms with E-state index in [1.54, 1.807) is 16.0 Å². The highest BCUT2D eigenvalue weighted by molar-refractivity contribution is 7.17. The van der Waals surface area contributed by atoms with Crippen molar-refractivity contribution < 1.29 is 4.79 Å². The minimum Gasteiger partial charge on any atom is -0.329 e. The number of fused-ring (bicyclic) bond motifs is 1. The highest BCUT2D eigenvalue weighted by Gasteiger charge is 2.13. The number of amides is 1. The van der Waals surface area contributed by atoms with Gasteiger partial charge in [0.1, 0.15) is 5.82 Å². The first-order chi connectivity index (χ1) is 12.6. The maximum atomic E-state index is 10.7. The van der Waals surface area contributed by atoms with Gasteiger partial charge in [-0.15, -0.1) is 11.3 Å². The molecule has 3 aromatic heterocycles. The average molecular weight is 364 g/mol. The van der Waals surface area contributed by atoms with E-state index in [1.165, 1.54) is 0 Å². The summed E-state index contributed by atoms with van der Waals surface area (Å²) in [5.74, 6) is 2.18. The molecular weight excluding hydrogens is 348 g/mol. The lowest BCUT2D eigenvalue weighted by Crippen LogP contribution is -2.02. The standard InChI is InChI=1S/C18H16N6OS/c1-11-8-15(24(2)23-11)21-18-16-14(6-7-26-16)20-17(22-18)12-4-3-5-13(9-12)19-10-25/h3-10H,1-2H3,(H,19,25)(H,20,21,22). The Balaban J connectivity index is 1.81. The van der Waals surface area contributed by atoms with Gasteiger partial charge in [0.15, 0.2) is 11.6 Å². The van der Waals surface area contributed by atoms with Crippen molar-refractivity contribution in [1.82, 2.24) is 19.7 Å². The molecule has 0 fully saturated rings. The molecule has 0 bridgehead atoms. The number of hydrogen-bond acceptors (Lipinski definition) is 6. The van der Waals surface area contributed by atoms with Crippen LogP contribution in [0, 0.1) is 6.92 Å². The van der Waals surface area contributed by atoms with Crippen LogP contribution >= 0.6 is 11.3 Å².